The van der Waals surface area contributed by atoms with Crippen molar-refractivity contribution in [3.8, 4) is 0 Å². The molecule has 4 heteroatoms. The molecule has 1 atom stereocenters. The lowest BCUT2D eigenvalue weighted by Gasteiger charge is -2.10. The summed E-state index contributed by atoms with van der Waals surface area (Å²) in [7, 11) is 3.87. The van der Waals surface area contributed by atoms with Gasteiger partial charge in [0.25, 0.3) is 0 Å². The van der Waals surface area contributed by atoms with Crippen LogP contribution in [0.2, 0.25) is 0 Å². The topological polar surface area (TPSA) is 60.8 Å². The average molecular weight is 175 g/mol. The van der Waals surface area contributed by atoms with Crippen molar-refractivity contribution in [3.63, 3.8) is 0 Å². The lowest BCUT2D eigenvalue weighted by atomic mass is 10.4. The van der Waals surface area contributed by atoms with Gasteiger partial charge in [0.1, 0.15) is 0 Å². The van der Waals surface area contributed by atoms with E-state index in [0.29, 0.717) is 0 Å². The van der Waals surface area contributed by atoms with Gasteiger partial charge in [0.15, 0.2) is 0 Å². The molecule has 0 rings (SSSR count). The second kappa shape index (κ2) is 8.23. The summed E-state index contributed by atoms with van der Waals surface area (Å²) < 4.78 is 0. The Morgan fingerprint density at radius 2 is 2.00 bits per heavy atom. The summed E-state index contributed by atoms with van der Waals surface area (Å²) in [5.41, 5.74) is 0. The highest BCUT2D eigenvalue weighted by atomic mass is 16.4. The fraction of sp³-hybridized carbons (Fsp3) is 0.625. The molecule has 12 heavy (non-hydrogen) atoms. The van der Waals surface area contributed by atoms with Crippen LogP contribution in [0.4, 0.5) is 0 Å². The van der Waals surface area contributed by atoms with Crippen LogP contribution >= 0.6 is 0 Å². The highest BCUT2D eigenvalue weighted by Crippen LogP contribution is 1.80. The molecule has 2 N–H and O–H groups in total. The number of rotatable bonds is 3. The summed E-state index contributed by atoms with van der Waals surface area (Å²) in [5, 5.41) is 16.3. The van der Waals surface area contributed by atoms with Gasteiger partial charge in [0.2, 0.25) is 0 Å². The van der Waals surface area contributed by atoms with Crippen molar-refractivity contribution >= 4 is 5.97 Å². The fourth-order valence-electron chi connectivity index (χ4n) is 0.528. The first kappa shape index (κ1) is 13.7. The minimum Gasteiger partial charge on any atom is -0.478 e. The molecule has 0 aromatic heterocycles. The molecule has 0 aliphatic rings. The molecule has 0 heterocycles. The summed E-state index contributed by atoms with van der Waals surface area (Å²) in [4.78, 5) is 11.2. The number of carbonyl (C=O) groups is 1. The molecule has 4 nitrogen and oxygen atoms in total. The van der Waals surface area contributed by atoms with Gasteiger partial charge in [-0.15, -0.1) is 0 Å². The van der Waals surface area contributed by atoms with Crippen LogP contribution in [0.5, 0.6) is 0 Å². The molecule has 0 radical (unpaired) electrons. The lowest BCUT2D eigenvalue weighted by Crippen LogP contribution is -2.22. The van der Waals surface area contributed by atoms with E-state index in [-0.39, 0.29) is 6.10 Å². The van der Waals surface area contributed by atoms with Gasteiger partial charge in [-0.05, 0) is 21.0 Å². The maximum Gasteiger partial charge on any atom is 0.327 e. The maximum absolute atomic E-state index is 9.25. The fourth-order valence-corrected chi connectivity index (χ4v) is 0.528. The average Bonchev–Trinajstić information content (AvgIpc) is 1.85. The van der Waals surface area contributed by atoms with Crippen molar-refractivity contribution in [2.24, 2.45) is 0 Å². The number of carboxylic acid groups (broad SMARTS) is 1. The van der Waals surface area contributed by atoms with Gasteiger partial charge >= 0.3 is 5.97 Å². The van der Waals surface area contributed by atoms with Crippen LogP contribution in [0.25, 0.3) is 0 Å². The normalized spacial score (nSPS) is 11.4. The van der Waals surface area contributed by atoms with E-state index < -0.39 is 5.97 Å². The maximum atomic E-state index is 9.25. The zero-order chi connectivity index (χ0) is 10.1. The predicted octanol–water partition coefficient (Wildman–Crippen LogP) is 0.186. The minimum absolute atomic E-state index is 0.199. The van der Waals surface area contributed by atoms with E-state index in [4.69, 9.17) is 10.2 Å². The van der Waals surface area contributed by atoms with E-state index in [1.807, 2.05) is 19.0 Å². The van der Waals surface area contributed by atoms with Crippen molar-refractivity contribution in [3.05, 3.63) is 12.7 Å². The molecule has 0 aliphatic carbocycles. The van der Waals surface area contributed by atoms with E-state index in [9.17, 15) is 4.79 Å². The molecule has 0 bridgehead atoms. The van der Waals surface area contributed by atoms with Gasteiger partial charge in [0, 0.05) is 12.6 Å². The standard InChI is InChI=1S/C5H13NO.C3H4O2/c1-5(7)4-6(2)3;1-2-3(4)5/h5,7H,4H2,1-3H3;2H,1H2,(H,4,5). The SMILES string of the molecule is C=CC(=O)O.CC(O)CN(C)C. The van der Waals surface area contributed by atoms with Crippen LogP contribution in [0.3, 0.4) is 0 Å². The van der Waals surface area contributed by atoms with E-state index >= 15 is 0 Å². The summed E-state index contributed by atoms with van der Waals surface area (Å²) in [6.07, 6.45) is 0.634. The number of aliphatic hydroxyl groups is 1. The number of aliphatic hydroxyl groups excluding tert-OH is 1. The largest absolute Gasteiger partial charge is 0.478 e. The van der Waals surface area contributed by atoms with Gasteiger partial charge in [-0.3, -0.25) is 0 Å². The van der Waals surface area contributed by atoms with Crippen LogP contribution in [-0.4, -0.2) is 47.8 Å². The second-order valence-electron chi connectivity index (χ2n) is 2.65. The number of aliphatic carboxylic acids is 1. The van der Waals surface area contributed by atoms with Crippen LogP contribution in [-0.2, 0) is 4.79 Å². The third-order valence-electron chi connectivity index (χ3n) is 0.804. The Morgan fingerprint density at radius 3 is 2.00 bits per heavy atom. The van der Waals surface area contributed by atoms with Gasteiger partial charge in [-0.25, -0.2) is 4.79 Å². The smallest absolute Gasteiger partial charge is 0.327 e. The number of likely N-dealkylation sites (N-methyl/N-ethyl adjacent to an activating group) is 1. The molecular formula is C8H17NO3. The highest BCUT2D eigenvalue weighted by Gasteiger charge is 1.93. The van der Waals surface area contributed by atoms with Crippen LogP contribution < -0.4 is 0 Å². The van der Waals surface area contributed by atoms with E-state index in [1.54, 1.807) is 6.92 Å². The van der Waals surface area contributed by atoms with Crippen LogP contribution in [0, 0.1) is 0 Å². The Balaban J connectivity index is 0. The zero-order valence-electron chi connectivity index (χ0n) is 7.82. The Morgan fingerprint density at radius 1 is 1.67 bits per heavy atom. The first-order valence-electron chi connectivity index (χ1n) is 3.58. The minimum atomic E-state index is -0.981. The molecule has 1 unspecified atom stereocenters. The van der Waals surface area contributed by atoms with Crippen molar-refractivity contribution in [2.75, 3.05) is 20.6 Å². The van der Waals surface area contributed by atoms with E-state index in [0.717, 1.165) is 12.6 Å². The summed E-state index contributed by atoms with van der Waals surface area (Å²) in [6.45, 7) is 5.49. The quantitative estimate of drug-likeness (QED) is 0.601. The Bertz CT molecular complexity index is 126. The molecule has 0 aliphatic heterocycles. The Labute approximate surface area is 73.1 Å². The van der Waals surface area contributed by atoms with Gasteiger partial charge in [0.05, 0.1) is 6.10 Å². The van der Waals surface area contributed by atoms with Crippen LogP contribution in [0.1, 0.15) is 6.92 Å². The lowest BCUT2D eigenvalue weighted by molar-refractivity contribution is -0.131. The third kappa shape index (κ3) is 22.9. The number of hydrogen-bond donors (Lipinski definition) is 2. The van der Waals surface area contributed by atoms with Crippen LogP contribution in [0.15, 0.2) is 12.7 Å². The molecule has 0 saturated heterocycles. The first-order chi connectivity index (χ1) is 5.40. The van der Waals surface area contributed by atoms with E-state index in [1.165, 1.54) is 0 Å². The van der Waals surface area contributed by atoms with Gasteiger partial charge < -0.3 is 15.1 Å². The zero-order valence-corrected chi connectivity index (χ0v) is 7.82. The predicted molar refractivity (Wildman–Crippen MR) is 48.1 cm³/mol. The molecule has 0 spiro atoms. The molecule has 0 fully saturated rings. The van der Waals surface area contributed by atoms with Crippen molar-refractivity contribution in [1.29, 1.82) is 0 Å². The molecule has 0 aromatic rings. The molecular weight excluding hydrogens is 158 g/mol. The molecule has 72 valence electrons. The summed E-state index contributed by atoms with van der Waals surface area (Å²) >= 11 is 0. The Kier molecular flexibility index (Phi) is 9.40. The van der Waals surface area contributed by atoms with Gasteiger partial charge in [-0.1, -0.05) is 6.58 Å². The number of hydrogen-bond acceptors (Lipinski definition) is 3. The van der Waals surface area contributed by atoms with Crippen molar-refractivity contribution in [2.45, 2.75) is 13.0 Å². The molecule has 0 saturated carbocycles. The monoisotopic (exact) mass is 175 g/mol. The third-order valence-corrected chi connectivity index (χ3v) is 0.804. The second-order valence-corrected chi connectivity index (χ2v) is 2.65. The molecule has 0 amide bonds. The molecule has 0 aromatic carbocycles. The first-order valence-corrected chi connectivity index (χ1v) is 3.58. The highest BCUT2D eigenvalue weighted by molar-refractivity contribution is 5.78. The van der Waals surface area contributed by atoms with Gasteiger partial charge in [-0.2, -0.15) is 0 Å². The van der Waals surface area contributed by atoms with E-state index in [2.05, 4.69) is 6.58 Å². The number of nitrogens with zero attached hydrogens (tertiary/aromatic N) is 1. The number of carboxylic acids is 1. The van der Waals surface area contributed by atoms with Crippen molar-refractivity contribution in [1.82, 2.24) is 4.90 Å². The van der Waals surface area contributed by atoms with Crippen molar-refractivity contribution < 1.29 is 15.0 Å². The summed E-state index contributed by atoms with van der Waals surface area (Å²) in [6, 6.07) is 0. The summed E-state index contributed by atoms with van der Waals surface area (Å²) in [5.74, 6) is -0.981. The Hall–Kier alpha value is -0.870.